The monoisotopic (exact) mass is 457 g/mol. The van der Waals surface area contributed by atoms with Crippen molar-refractivity contribution in [3.05, 3.63) is 89.5 Å². The molecule has 1 aromatic carbocycles. The van der Waals surface area contributed by atoms with Crippen LogP contribution in [0.3, 0.4) is 0 Å². The van der Waals surface area contributed by atoms with E-state index in [1.165, 1.54) is 4.90 Å². The molecule has 1 fully saturated rings. The zero-order valence-corrected chi connectivity index (χ0v) is 19.5. The fourth-order valence-corrected chi connectivity index (χ4v) is 4.18. The highest BCUT2D eigenvalue weighted by Crippen LogP contribution is 2.39. The van der Waals surface area contributed by atoms with Crippen molar-refractivity contribution in [1.82, 2.24) is 14.9 Å². The van der Waals surface area contributed by atoms with Crippen LogP contribution < -0.4 is 4.74 Å². The summed E-state index contributed by atoms with van der Waals surface area (Å²) in [5.41, 5.74) is 2.64. The lowest BCUT2D eigenvalue weighted by molar-refractivity contribution is -0.141. The van der Waals surface area contributed by atoms with Gasteiger partial charge in [0.15, 0.2) is 5.78 Å². The first kappa shape index (κ1) is 23.3. The molecule has 7 nitrogen and oxygen atoms in total. The molecule has 2 unspecified atom stereocenters. The van der Waals surface area contributed by atoms with E-state index in [1.54, 1.807) is 61.2 Å². The molecule has 1 amide bonds. The zero-order valence-electron chi connectivity index (χ0n) is 19.5. The fourth-order valence-electron chi connectivity index (χ4n) is 4.18. The lowest BCUT2D eigenvalue weighted by atomic mass is 9.86. The molecule has 3 aromatic rings. The molecule has 0 spiro atoms. The molecule has 1 saturated heterocycles. The van der Waals surface area contributed by atoms with Crippen LogP contribution in [0.1, 0.15) is 46.9 Å². The van der Waals surface area contributed by atoms with Crippen molar-refractivity contribution in [2.45, 2.75) is 33.4 Å². The molecule has 1 aliphatic heterocycles. The van der Waals surface area contributed by atoms with E-state index in [4.69, 9.17) is 4.74 Å². The number of likely N-dealkylation sites (tertiary alicyclic amines) is 1. The number of carbonyl (C=O) groups excluding carboxylic acids is 3. The predicted molar refractivity (Wildman–Crippen MR) is 126 cm³/mol. The minimum atomic E-state index is -1.14. The summed E-state index contributed by atoms with van der Waals surface area (Å²) in [6.07, 6.45) is 6.48. The van der Waals surface area contributed by atoms with Crippen molar-refractivity contribution in [1.29, 1.82) is 0 Å². The molecular weight excluding hydrogens is 430 g/mol. The number of nitrogens with zero attached hydrogens (tertiary/aromatic N) is 3. The number of benzene rings is 1. The number of Topliss-reactive ketones (excluding diaryl/α,β-unsaturated/α-hetero) is 2. The molecule has 2 aromatic heterocycles. The number of rotatable bonds is 8. The molecule has 0 aliphatic carbocycles. The fraction of sp³-hybridized carbons (Fsp3) is 0.296. The van der Waals surface area contributed by atoms with Crippen molar-refractivity contribution in [3.8, 4) is 5.75 Å². The summed E-state index contributed by atoms with van der Waals surface area (Å²) in [5, 5.41) is 0. The van der Waals surface area contributed by atoms with Gasteiger partial charge in [-0.2, -0.15) is 0 Å². The first-order valence-corrected chi connectivity index (χ1v) is 11.3. The number of ketones is 2. The summed E-state index contributed by atoms with van der Waals surface area (Å²) in [6, 6.07) is 11.5. The van der Waals surface area contributed by atoms with Crippen molar-refractivity contribution >= 4 is 17.5 Å². The second-order valence-corrected chi connectivity index (χ2v) is 8.91. The molecule has 174 valence electrons. The Morgan fingerprint density at radius 1 is 1.06 bits per heavy atom. The van der Waals surface area contributed by atoms with E-state index in [9.17, 15) is 14.4 Å². The summed E-state index contributed by atoms with van der Waals surface area (Å²) in [5.74, 6) is -1.83. The van der Waals surface area contributed by atoms with Crippen LogP contribution in [0.2, 0.25) is 0 Å². The molecule has 3 heterocycles. The Balaban J connectivity index is 1.69. The third-order valence-corrected chi connectivity index (χ3v) is 5.84. The van der Waals surface area contributed by atoms with Crippen LogP contribution in [0.25, 0.3) is 0 Å². The smallest absolute Gasteiger partial charge is 0.291 e. The average Bonchev–Trinajstić information content (AvgIpc) is 3.09. The summed E-state index contributed by atoms with van der Waals surface area (Å²) in [7, 11) is 0. The minimum absolute atomic E-state index is 0.177. The van der Waals surface area contributed by atoms with Gasteiger partial charge in [0.05, 0.1) is 12.6 Å². The van der Waals surface area contributed by atoms with E-state index in [-0.39, 0.29) is 12.3 Å². The number of hydrogen-bond donors (Lipinski definition) is 0. The summed E-state index contributed by atoms with van der Waals surface area (Å²) in [6.45, 7) is 6.73. The van der Waals surface area contributed by atoms with E-state index in [0.717, 1.165) is 11.1 Å². The van der Waals surface area contributed by atoms with Crippen LogP contribution in [0.15, 0.2) is 67.3 Å². The topological polar surface area (TPSA) is 89.5 Å². The predicted octanol–water partition coefficient (Wildman–Crippen LogP) is 3.97. The molecule has 7 heteroatoms. The van der Waals surface area contributed by atoms with Crippen LogP contribution >= 0.6 is 0 Å². The maximum absolute atomic E-state index is 13.6. The van der Waals surface area contributed by atoms with Crippen LogP contribution in [-0.2, 0) is 16.1 Å². The summed E-state index contributed by atoms with van der Waals surface area (Å²) < 4.78 is 5.82. The van der Waals surface area contributed by atoms with Gasteiger partial charge in [-0.25, -0.2) is 0 Å². The number of carbonyl (C=O) groups is 3. The van der Waals surface area contributed by atoms with Gasteiger partial charge in [-0.05, 0) is 65.9 Å². The van der Waals surface area contributed by atoms with Crippen molar-refractivity contribution in [2.75, 3.05) is 6.61 Å². The second-order valence-electron chi connectivity index (χ2n) is 8.91. The molecule has 0 bridgehead atoms. The standard InChI is InChI=1S/C27H27N3O4/c1-17(2)16-34-22-7-6-21(13-18(22)3)25(31)23-24(20-8-11-28-12-9-20)30(27(33)26(23)32)15-19-5-4-10-29-14-19/h4-14,17,23-24H,15-16H2,1-3H3. The molecule has 2 atom stereocenters. The molecule has 4 rings (SSSR count). The van der Waals surface area contributed by atoms with Crippen molar-refractivity contribution < 1.29 is 19.1 Å². The van der Waals surface area contributed by atoms with Gasteiger partial charge in [0.25, 0.3) is 5.91 Å². The quantitative estimate of drug-likeness (QED) is 0.289. The SMILES string of the molecule is Cc1cc(C(=O)C2C(=O)C(=O)N(Cc3cccnc3)C2c2ccncc2)ccc1OCC(C)C. The number of hydrogen-bond acceptors (Lipinski definition) is 6. The van der Waals surface area contributed by atoms with E-state index < -0.39 is 23.7 Å². The van der Waals surface area contributed by atoms with Gasteiger partial charge >= 0.3 is 0 Å². The second kappa shape index (κ2) is 9.95. The third kappa shape index (κ3) is 4.73. The van der Waals surface area contributed by atoms with Gasteiger partial charge in [0, 0.05) is 36.9 Å². The first-order chi connectivity index (χ1) is 16.4. The Hall–Kier alpha value is -3.87. The number of amides is 1. The zero-order chi connectivity index (χ0) is 24.2. The number of ether oxygens (including phenoxy) is 1. The van der Waals surface area contributed by atoms with Crippen LogP contribution in [0.5, 0.6) is 5.75 Å². The normalized spacial score (nSPS) is 17.9. The molecule has 1 aliphatic rings. The van der Waals surface area contributed by atoms with Gasteiger partial charge < -0.3 is 9.64 Å². The number of pyridine rings is 2. The van der Waals surface area contributed by atoms with Gasteiger partial charge in [-0.1, -0.05) is 19.9 Å². The number of aryl methyl sites for hydroxylation is 1. The lowest BCUT2D eigenvalue weighted by Gasteiger charge is -2.27. The highest BCUT2D eigenvalue weighted by molar-refractivity contribution is 6.44. The Kier molecular flexibility index (Phi) is 6.82. The Bertz CT molecular complexity index is 1200. The molecule has 34 heavy (non-hydrogen) atoms. The summed E-state index contributed by atoms with van der Waals surface area (Å²) in [4.78, 5) is 49.5. The van der Waals surface area contributed by atoms with E-state index in [1.807, 2.05) is 13.0 Å². The summed E-state index contributed by atoms with van der Waals surface area (Å²) >= 11 is 0. The van der Waals surface area contributed by atoms with E-state index >= 15 is 0 Å². The lowest BCUT2D eigenvalue weighted by Crippen LogP contribution is -2.30. The first-order valence-electron chi connectivity index (χ1n) is 11.3. The highest BCUT2D eigenvalue weighted by Gasteiger charge is 2.51. The van der Waals surface area contributed by atoms with Crippen LogP contribution in [0, 0.1) is 18.8 Å². The van der Waals surface area contributed by atoms with Crippen LogP contribution in [0.4, 0.5) is 0 Å². The largest absolute Gasteiger partial charge is 0.493 e. The van der Waals surface area contributed by atoms with Gasteiger partial charge in [-0.3, -0.25) is 24.4 Å². The maximum atomic E-state index is 13.6. The van der Waals surface area contributed by atoms with E-state index in [0.29, 0.717) is 29.4 Å². The number of aromatic nitrogens is 2. The van der Waals surface area contributed by atoms with E-state index in [2.05, 4.69) is 23.8 Å². The Morgan fingerprint density at radius 3 is 2.47 bits per heavy atom. The van der Waals surface area contributed by atoms with Gasteiger partial charge in [0.1, 0.15) is 11.7 Å². The Morgan fingerprint density at radius 2 is 1.82 bits per heavy atom. The van der Waals surface area contributed by atoms with Crippen molar-refractivity contribution in [3.63, 3.8) is 0 Å². The molecule has 0 N–H and O–H groups in total. The van der Waals surface area contributed by atoms with Gasteiger partial charge in [-0.15, -0.1) is 0 Å². The van der Waals surface area contributed by atoms with Gasteiger partial charge in [0.2, 0.25) is 5.78 Å². The average molecular weight is 458 g/mol. The third-order valence-electron chi connectivity index (χ3n) is 5.84. The molecule has 0 saturated carbocycles. The maximum Gasteiger partial charge on any atom is 0.291 e. The minimum Gasteiger partial charge on any atom is -0.493 e. The van der Waals surface area contributed by atoms with Crippen molar-refractivity contribution in [2.24, 2.45) is 11.8 Å². The van der Waals surface area contributed by atoms with Crippen LogP contribution in [-0.4, -0.2) is 38.9 Å². The molecular formula is C27H27N3O4. The molecule has 0 radical (unpaired) electrons. The highest BCUT2D eigenvalue weighted by atomic mass is 16.5. The Labute approximate surface area is 198 Å².